The van der Waals surface area contributed by atoms with E-state index in [4.69, 9.17) is 27.3 Å². The van der Waals surface area contributed by atoms with Gasteiger partial charge in [-0.3, -0.25) is 4.79 Å². The van der Waals surface area contributed by atoms with Crippen LogP contribution in [0.25, 0.3) is 0 Å². The van der Waals surface area contributed by atoms with Gasteiger partial charge in [0.05, 0.1) is 0 Å². The fourth-order valence-electron chi connectivity index (χ4n) is 3.58. The van der Waals surface area contributed by atoms with Gasteiger partial charge >= 0.3 is 5.97 Å². The summed E-state index contributed by atoms with van der Waals surface area (Å²) in [6.45, 7) is 0. The van der Waals surface area contributed by atoms with Gasteiger partial charge in [-0.05, 0) is 12.5 Å². The molecule has 2 nitrogen and oxygen atoms in total. The first-order valence-corrected chi connectivity index (χ1v) is 15.9. The maximum Gasteiger partial charge on any atom is 0.303 e. The summed E-state index contributed by atoms with van der Waals surface area (Å²) in [6, 6.07) is 1.08. The molecule has 162 valence electrons. The van der Waals surface area contributed by atoms with Gasteiger partial charge in [-0.1, -0.05) is 116 Å². The first kappa shape index (κ1) is 27.3. The molecule has 0 radical (unpaired) electrons. The summed E-state index contributed by atoms with van der Waals surface area (Å²) in [4.78, 5) is 10.4. The molecular weight excluding hydrogens is 395 g/mol. The van der Waals surface area contributed by atoms with E-state index in [0.717, 1.165) is 18.9 Å². The molecule has 0 aliphatic carbocycles. The Bertz CT molecular complexity index is 315. The van der Waals surface area contributed by atoms with Crippen molar-refractivity contribution >= 4 is 35.5 Å². The number of halogens is 2. The van der Waals surface area contributed by atoms with Gasteiger partial charge in [0.15, 0.2) is 0 Å². The van der Waals surface area contributed by atoms with Crippen molar-refractivity contribution in [2.75, 3.05) is 0 Å². The molecule has 0 spiro atoms. The van der Waals surface area contributed by atoms with Crippen LogP contribution in [0, 0.1) is 0 Å². The van der Waals surface area contributed by atoms with Crippen molar-refractivity contribution in [3.8, 4) is 0 Å². The van der Waals surface area contributed by atoms with Crippen LogP contribution in [0.15, 0.2) is 0 Å². The number of hydrogen-bond acceptors (Lipinski definition) is 1. The molecule has 1 N–H and O–H groups in total. The van der Waals surface area contributed by atoms with E-state index in [-0.39, 0.29) is 0 Å². The molecule has 0 saturated carbocycles. The van der Waals surface area contributed by atoms with Crippen LogP contribution < -0.4 is 0 Å². The smallest absolute Gasteiger partial charge is 0.303 e. The molecule has 0 bridgehead atoms. The Labute approximate surface area is 179 Å². The summed E-state index contributed by atoms with van der Waals surface area (Å²) in [5.74, 6) is -0.657. The molecule has 0 aromatic heterocycles. The minimum absolute atomic E-state index is 0.339. The van der Waals surface area contributed by atoms with Crippen molar-refractivity contribution in [3.05, 3.63) is 0 Å². The molecule has 0 aromatic carbocycles. The zero-order valence-corrected chi connectivity index (χ0v) is 20.2. The second-order valence-corrected chi connectivity index (χ2v) is 13.2. The SMILES string of the molecule is O=C(O)CCCCCCCCCCCCCCCCCCCCC[SiH](Cl)Cl. The van der Waals surface area contributed by atoms with Crippen molar-refractivity contribution in [1.82, 2.24) is 0 Å². The summed E-state index contributed by atoms with van der Waals surface area (Å²) in [6.07, 6.45) is 25.4. The lowest BCUT2D eigenvalue weighted by Gasteiger charge is -2.04. The van der Waals surface area contributed by atoms with Gasteiger partial charge in [0.2, 0.25) is 7.42 Å². The maximum absolute atomic E-state index is 10.4. The van der Waals surface area contributed by atoms with Gasteiger partial charge in [0, 0.05) is 6.42 Å². The summed E-state index contributed by atoms with van der Waals surface area (Å²) in [5, 5.41) is 8.57. The van der Waals surface area contributed by atoms with E-state index in [9.17, 15) is 4.79 Å². The first-order valence-electron chi connectivity index (χ1n) is 11.6. The highest BCUT2D eigenvalue weighted by atomic mass is 35.7. The lowest BCUT2D eigenvalue weighted by atomic mass is 10.0. The van der Waals surface area contributed by atoms with Crippen LogP contribution in [0.4, 0.5) is 0 Å². The second kappa shape index (κ2) is 22.6. The molecule has 0 atom stereocenters. The normalized spacial score (nSPS) is 11.4. The molecule has 0 saturated heterocycles. The summed E-state index contributed by atoms with van der Waals surface area (Å²) < 4.78 is 0. The molecule has 0 unspecified atom stereocenters. The van der Waals surface area contributed by atoms with E-state index >= 15 is 0 Å². The first-order chi connectivity index (χ1) is 13.1. The molecule has 0 fully saturated rings. The van der Waals surface area contributed by atoms with E-state index in [1.54, 1.807) is 0 Å². The molecule has 0 aliphatic heterocycles. The molecule has 5 heteroatoms. The summed E-state index contributed by atoms with van der Waals surface area (Å²) >= 11 is 11.7. The Hall–Kier alpha value is 0.267. The Morgan fingerprint density at radius 2 is 0.778 bits per heavy atom. The summed E-state index contributed by atoms with van der Waals surface area (Å²) in [7, 11) is -1.34. The monoisotopic (exact) mass is 438 g/mol. The predicted octanol–water partition coefficient (Wildman–Crippen LogP) is 8.57. The highest BCUT2D eigenvalue weighted by Gasteiger charge is 2.00. The Morgan fingerprint density at radius 1 is 0.519 bits per heavy atom. The number of carbonyl (C=O) groups is 1. The van der Waals surface area contributed by atoms with Crippen LogP contribution >= 0.6 is 22.2 Å². The average molecular weight is 440 g/mol. The van der Waals surface area contributed by atoms with Crippen molar-refractivity contribution < 1.29 is 9.90 Å². The van der Waals surface area contributed by atoms with Gasteiger partial charge < -0.3 is 5.11 Å². The third-order valence-electron chi connectivity index (χ3n) is 5.31. The number of rotatable bonds is 22. The Balaban J connectivity index is 3.00. The Kier molecular flexibility index (Phi) is 22.8. The predicted molar refractivity (Wildman–Crippen MR) is 124 cm³/mol. The van der Waals surface area contributed by atoms with Crippen molar-refractivity contribution in [3.63, 3.8) is 0 Å². The third-order valence-corrected chi connectivity index (χ3v) is 7.47. The number of carboxylic acids is 1. The van der Waals surface area contributed by atoms with E-state index in [2.05, 4.69) is 0 Å². The van der Waals surface area contributed by atoms with Gasteiger partial charge in [0.25, 0.3) is 0 Å². The van der Waals surface area contributed by atoms with Crippen molar-refractivity contribution in [1.29, 1.82) is 0 Å². The molecule has 0 amide bonds. The Morgan fingerprint density at radius 3 is 1.04 bits per heavy atom. The summed E-state index contributed by atoms with van der Waals surface area (Å²) in [5.41, 5.74) is 0. The molecule has 0 aliphatic rings. The highest BCUT2D eigenvalue weighted by Crippen LogP contribution is 2.16. The molecule has 0 aromatic rings. The third kappa shape index (κ3) is 26.3. The number of hydrogen-bond donors (Lipinski definition) is 1. The molecule has 0 heterocycles. The molecular formula is C22H44Cl2O2Si. The van der Waals surface area contributed by atoms with Gasteiger partial charge in [-0.25, -0.2) is 0 Å². The quantitative estimate of drug-likeness (QED) is 0.104. The van der Waals surface area contributed by atoms with Crippen LogP contribution in [0.2, 0.25) is 6.04 Å². The number of unbranched alkanes of at least 4 members (excludes halogenated alkanes) is 18. The average Bonchev–Trinajstić information content (AvgIpc) is 2.62. The van der Waals surface area contributed by atoms with Crippen LogP contribution in [0.5, 0.6) is 0 Å². The van der Waals surface area contributed by atoms with E-state index < -0.39 is 13.4 Å². The fourth-order valence-corrected chi connectivity index (χ4v) is 5.10. The van der Waals surface area contributed by atoms with E-state index in [1.807, 2.05) is 0 Å². The van der Waals surface area contributed by atoms with Gasteiger partial charge in [0.1, 0.15) is 0 Å². The van der Waals surface area contributed by atoms with Gasteiger partial charge in [-0.15, -0.1) is 0 Å². The van der Waals surface area contributed by atoms with Gasteiger partial charge in [-0.2, -0.15) is 22.2 Å². The standard InChI is InChI=1S/C22H44Cl2O2Si/c23-27(24)21-19-17-15-13-11-9-7-5-3-1-2-4-6-8-10-12-14-16-18-20-22(25)26/h27H,1-21H2,(H,25,26). The van der Waals surface area contributed by atoms with Crippen LogP contribution in [-0.4, -0.2) is 18.5 Å². The fraction of sp³-hybridized carbons (Fsp3) is 0.955. The number of carboxylic acid groups (broad SMARTS) is 1. The second-order valence-electron chi connectivity index (χ2n) is 8.04. The lowest BCUT2D eigenvalue weighted by molar-refractivity contribution is -0.137. The minimum atomic E-state index is -1.34. The minimum Gasteiger partial charge on any atom is -0.481 e. The van der Waals surface area contributed by atoms with Crippen LogP contribution in [-0.2, 0) is 4.79 Å². The topological polar surface area (TPSA) is 37.3 Å². The lowest BCUT2D eigenvalue weighted by Crippen LogP contribution is -1.93. The van der Waals surface area contributed by atoms with Crippen LogP contribution in [0.3, 0.4) is 0 Å². The van der Waals surface area contributed by atoms with Crippen molar-refractivity contribution in [2.45, 2.75) is 134 Å². The zero-order chi connectivity index (χ0) is 20.0. The highest BCUT2D eigenvalue weighted by molar-refractivity contribution is 7.33. The molecule has 27 heavy (non-hydrogen) atoms. The largest absolute Gasteiger partial charge is 0.481 e. The van der Waals surface area contributed by atoms with Crippen molar-refractivity contribution in [2.24, 2.45) is 0 Å². The van der Waals surface area contributed by atoms with Crippen LogP contribution in [0.1, 0.15) is 128 Å². The maximum atomic E-state index is 10.4. The van der Waals surface area contributed by atoms with E-state index in [0.29, 0.717) is 6.42 Å². The molecule has 0 rings (SSSR count). The number of aliphatic carboxylic acids is 1. The van der Waals surface area contributed by atoms with E-state index in [1.165, 1.54) is 109 Å². The zero-order valence-electron chi connectivity index (χ0n) is 17.5.